The van der Waals surface area contributed by atoms with E-state index in [1.165, 1.54) is 0 Å². The lowest BCUT2D eigenvalue weighted by Crippen LogP contribution is -2.51. The third-order valence-corrected chi connectivity index (χ3v) is 2.85. The van der Waals surface area contributed by atoms with Gasteiger partial charge in [0.2, 0.25) is 5.91 Å². The summed E-state index contributed by atoms with van der Waals surface area (Å²) in [4.78, 5) is 11.5. The summed E-state index contributed by atoms with van der Waals surface area (Å²) in [6.45, 7) is 12.7. The molecule has 0 heterocycles. The van der Waals surface area contributed by atoms with Gasteiger partial charge in [0.1, 0.15) is 0 Å². The highest BCUT2D eigenvalue weighted by molar-refractivity contribution is 5.85. The van der Waals surface area contributed by atoms with Crippen molar-refractivity contribution in [2.45, 2.75) is 47.1 Å². The maximum absolute atomic E-state index is 11.5. The van der Waals surface area contributed by atoms with Gasteiger partial charge in [-0.2, -0.15) is 0 Å². The highest BCUT2D eigenvalue weighted by Gasteiger charge is 2.26. The third kappa shape index (κ3) is 4.09. The Morgan fingerprint density at radius 2 is 1.71 bits per heavy atom. The number of carbonyl (C=O) groups is 1. The fraction of sp³-hybridized carbons (Fsp3) is 0.909. The van der Waals surface area contributed by atoms with Crippen molar-refractivity contribution in [3.63, 3.8) is 0 Å². The van der Waals surface area contributed by atoms with E-state index in [1.54, 1.807) is 13.8 Å². The predicted molar refractivity (Wildman–Crippen MR) is 59.9 cm³/mol. The van der Waals surface area contributed by atoms with Crippen molar-refractivity contribution in [3.05, 3.63) is 0 Å². The van der Waals surface area contributed by atoms with Crippen LogP contribution in [-0.4, -0.2) is 18.0 Å². The number of carbonyl (C=O) groups excluding carboxylic acids is 1. The first-order valence-corrected chi connectivity index (χ1v) is 5.14. The molecule has 0 unspecified atom stereocenters. The van der Waals surface area contributed by atoms with Crippen LogP contribution >= 0.6 is 0 Å². The minimum atomic E-state index is -0.785. The minimum Gasteiger partial charge on any atom is -0.354 e. The molecule has 0 saturated carbocycles. The average molecular weight is 200 g/mol. The summed E-state index contributed by atoms with van der Waals surface area (Å²) in [5.74, 6) is 0.440. The number of nitrogens with two attached hydrogens (primary N) is 1. The summed E-state index contributed by atoms with van der Waals surface area (Å²) in [7, 11) is 0. The molecule has 0 saturated heterocycles. The molecule has 0 radical (unpaired) electrons. The molecule has 0 aliphatic rings. The van der Waals surface area contributed by atoms with Gasteiger partial charge < -0.3 is 11.1 Å². The van der Waals surface area contributed by atoms with E-state index >= 15 is 0 Å². The van der Waals surface area contributed by atoms with Crippen molar-refractivity contribution in [2.75, 3.05) is 6.54 Å². The zero-order valence-electron chi connectivity index (χ0n) is 10.3. The molecule has 3 nitrogen and oxygen atoms in total. The van der Waals surface area contributed by atoms with Gasteiger partial charge in [0.05, 0.1) is 5.54 Å². The molecule has 0 aromatic rings. The SMILES string of the molecule is CC(C)C(C)(C)CNC(=O)C(C)(C)N. The molecule has 0 aromatic carbocycles. The second-order valence-electron chi connectivity index (χ2n) is 5.55. The van der Waals surface area contributed by atoms with Crippen LogP contribution in [0.1, 0.15) is 41.5 Å². The van der Waals surface area contributed by atoms with E-state index in [-0.39, 0.29) is 11.3 Å². The number of nitrogens with one attached hydrogen (secondary N) is 1. The summed E-state index contributed by atoms with van der Waals surface area (Å²) in [5.41, 5.74) is 5.00. The summed E-state index contributed by atoms with van der Waals surface area (Å²) >= 11 is 0. The van der Waals surface area contributed by atoms with Crippen molar-refractivity contribution in [1.82, 2.24) is 5.32 Å². The molecule has 0 atom stereocenters. The lowest BCUT2D eigenvalue weighted by molar-refractivity contribution is -0.125. The number of hydrogen-bond acceptors (Lipinski definition) is 2. The van der Waals surface area contributed by atoms with E-state index in [0.717, 1.165) is 0 Å². The number of amides is 1. The highest BCUT2D eigenvalue weighted by atomic mass is 16.2. The molecule has 3 heteroatoms. The van der Waals surface area contributed by atoms with Gasteiger partial charge in [0.15, 0.2) is 0 Å². The molecule has 3 N–H and O–H groups in total. The van der Waals surface area contributed by atoms with Crippen LogP contribution in [0.25, 0.3) is 0 Å². The van der Waals surface area contributed by atoms with Crippen LogP contribution < -0.4 is 11.1 Å². The first-order valence-electron chi connectivity index (χ1n) is 5.14. The summed E-state index contributed by atoms with van der Waals surface area (Å²) < 4.78 is 0. The topological polar surface area (TPSA) is 55.1 Å². The van der Waals surface area contributed by atoms with Crippen molar-refractivity contribution in [2.24, 2.45) is 17.1 Å². The Bertz CT molecular complexity index is 202. The molecule has 14 heavy (non-hydrogen) atoms. The second kappa shape index (κ2) is 4.30. The maximum atomic E-state index is 11.5. The summed E-state index contributed by atoms with van der Waals surface area (Å²) in [5, 5.41) is 2.88. The highest BCUT2D eigenvalue weighted by Crippen LogP contribution is 2.24. The van der Waals surface area contributed by atoms with Crippen LogP contribution in [0.4, 0.5) is 0 Å². The summed E-state index contributed by atoms with van der Waals surface area (Å²) in [6, 6.07) is 0. The monoisotopic (exact) mass is 200 g/mol. The van der Waals surface area contributed by atoms with Crippen LogP contribution in [0.15, 0.2) is 0 Å². The first kappa shape index (κ1) is 13.4. The Morgan fingerprint density at radius 1 is 1.29 bits per heavy atom. The van der Waals surface area contributed by atoms with E-state index < -0.39 is 5.54 Å². The Kier molecular flexibility index (Phi) is 4.13. The Morgan fingerprint density at radius 3 is 2.00 bits per heavy atom. The fourth-order valence-electron chi connectivity index (χ4n) is 0.740. The Labute approximate surface area is 87.4 Å². The van der Waals surface area contributed by atoms with E-state index in [1.807, 2.05) is 0 Å². The van der Waals surface area contributed by atoms with Gasteiger partial charge >= 0.3 is 0 Å². The van der Waals surface area contributed by atoms with Crippen LogP contribution in [0.3, 0.4) is 0 Å². The molecular weight excluding hydrogens is 176 g/mol. The molecule has 0 fully saturated rings. The van der Waals surface area contributed by atoms with Gasteiger partial charge in [0.25, 0.3) is 0 Å². The van der Waals surface area contributed by atoms with Gasteiger partial charge in [-0.1, -0.05) is 27.7 Å². The minimum absolute atomic E-state index is 0.0915. The molecule has 0 aromatic heterocycles. The van der Waals surface area contributed by atoms with Crippen LogP contribution in [0.2, 0.25) is 0 Å². The Hall–Kier alpha value is -0.570. The van der Waals surface area contributed by atoms with Crippen LogP contribution in [0.5, 0.6) is 0 Å². The third-order valence-electron chi connectivity index (χ3n) is 2.85. The normalized spacial score (nSPS) is 13.1. The molecule has 1 amide bonds. The lowest BCUT2D eigenvalue weighted by Gasteiger charge is -2.30. The quantitative estimate of drug-likeness (QED) is 0.723. The zero-order chi connectivity index (χ0) is 11.6. The molecule has 0 rings (SSSR count). The molecule has 0 aliphatic carbocycles. The summed E-state index contributed by atoms with van der Waals surface area (Å²) in [6.07, 6.45) is 0. The van der Waals surface area contributed by atoms with Crippen molar-refractivity contribution < 1.29 is 4.79 Å². The predicted octanol–water partition coefficient (Wildman–Crippen LogP) is 1.52. The standard InChI is InChI=1S/C11H24N2O/c1-8(2)10(3,4)7-13-9(14)11(5,6)12/h8H,7,12H2,1-6H3,(H,13,14). The van der Waals surface area contributed by atoms with E-state index in [9.17, 15) is 4.79 Å². The fourth-order valence-corrected chi connectivity index (χ4v) is 0.740. The van der Waals surface area contributed by atoms with E-state index in [4.69, 9.17) is 5.73 Å². The Balaban J connectivity index is 4.14. The van der Waals surface area contributed by atoms with E-state index in [0.29, 0.717) is 12.5 Å². The average Bonchev–Trinajstić information content (AvgIpc) is 1.98. The molecule has 0 spiro atoms. The van der Waals surface area contributed by atoms with Crippen molar-refractivity contribution in [1.29, 1.82) is 0 Å². The molecule has 0 bridgehead atoms. The van der Waals surface area contributed by atoms with Gasteiger partial charge in [-0.15, -0.1) is 0 Å². The number of hydrogen-bond donors (Lipinski definition) is 2. The maximum Gasteiger partial charge on any atom is 0.239 e. The zero-order valence-corrected chi connectivity index (χ0v) is 10.3. The van der Waals surface area contributed by atoms with Gasteiger partial charge in [-0.3, -0.25) is 4.79 Å². The largest absolute Gasteiger partial charge is 0.354 e. The molecule has 0 aliphatic heterocycles. The second-order valence-corrected chi connectivity index (χ2v) is 5.55. The number of rotatable bonds is 4. The molecular formula is C11H24N2O. The lowest BCUT2D eigenvalue weighted by atomic mass is 9.81. The van der Waals surface area contributed by atoms with Crippen LogP contribution in [0, 0.1) is 11.3 Å². The molecule has 84 valence electrons. The van der Waals surface area contributed by atoms with Gasteiger partial charge in [0, 0.05) is 6.54 Å². The van der Waals surface area contributed by atoms with Crippen molar-refractivity contribution >= 4 is 5.91 Å². The van der Waals surface area contributed by atoms with Crippen LogP contribution in [-0.2, 0) is 4.79 Å². The first-order chi connectivity index (χ1) is 6.07. The smallest absolute Gasteiger partial charge is 0.239 e. The van der Waals surface area contributed by atoms with Crippen molar-refractivity contribution in [3.8, 4) is 0 Å². The van der Waals surface area contributed by atoms with Gasteiger partial charge in [-0.05, 0) is 25.2 Å². The van der Waals surface area contributed by atoms with E-state index in [2.05, 4.69) is 33.0 Å². The van der Waals surface area contributed by atoms with Gasteiger partial charge in [-0.25, -0.2) is 0 Å².